The molecule has 0 fully saturated rings. The average molecular weight is 2000 g/mol. The summed E-state index contributed by atoms with van der Waals surface area (Å²) in [6.45, 7) is 10.1. The Morgan fingerprint density at radius 1 is 0.271 bits per heavy atom. The summed E-state index contributed by atoms with van der Waals surface area (Å²) >= 11 is 5.68. The molecule has 46 nitrogen and oxygen atoms in total. The predicted molar refractivity (Wildman–Crippen MR) is 511 cm³/mol. The van der Waals surface area contributed by atoms with E-state index in [1.54, 1.807) is 97.1 Å². The van der Waals surface area contributed by atoms with E-state index in [0.29, 0.717) is 223 Å². The molecule has 4 aromatic rings. The van der Waals surface area contributed by atoms with Crippen LogP contribution in [-0.2, 0) is 129 Å². The first-order valence-corrected chi connectivity index (χ1v) is 47.3. The Bertz CT molecular complexity index is 4230. The summed E-state index contributed by atoms with van der Waals surface area (Å²) in [5.74, 6) is -10.7. The summed E-state index contributed by atoms with van der Waals surface area (Å²) < 4.78 is 77.5. The molecule has 0 aliphatic rings. The Morgan fingerprint density at radius 3 is 0.864 bits per heavy atom. The van der Waals surface area contributed by atoms with Crippen molar-refractivity contribution < 1.29 is 149 Å². The smallest absolute Gasteiger partial charge is 0.320 e. The van der Waals surface area contributed by atoms with Crippen LogP contribution in [0.15, 0.2) is 118 Å². The zero-order chi connectivity index (χ0) is 101. The predicted octanol–water partition coefficient (Wildman–Crippen LogP) is 6.64. The molecule has 47 heteroatoms. The number of halogens is 1. The minimum absolute atomic E-state index is 0.00983. The highest BCUT2D eigenvalue weighted by atomic mass is 35.5. The van der Waals surface area contributed by atoms with Gasteiger partial charge in [-0.15, -0.1) is 11.6 Å². The lowest BCUT2D eigenvalue weighted by Crippen LogP contribution is -2.49. The van der Waals surface area contributed by atoms with Crippen molar-refractivity contribution >= 4 is 134 Å². The number of carbonyl (C=O) groups excluding carboxylic acids is 9. The lowest BCUT2D eigenvalue weighted by Gasteiger charge is -2.18. The molecule has 0 spiro atoms. The molecule has 0 saturated carbocycles. The Kier molecular flexibility index (Phi) is 68.8. The van der Waals surface area contributed by atoms with E-state index in [0.717, 1.165) is 25.7 Å². The second-order valence-electron chi connectivity index (χ2n) is 31.1. The molecular formula is C93H140ClN15O31. The zero-order valence-electron chi connectivity index (χ0n) is 79.3. The highest BCUT2D eigenvalue weighted by Crippen LogP contribution is 2.26. The molecule has 5 atom stereocenters. The van der Waals surface area contributed by atoms with Crippen LogP contribution in [0.3, 0.4) is 0 Å². The van der Waals surface area contributed by atoms with Gasteiger partial charge in [0.1, 0.15) is 18.1 Å². The minimum atomic E-state index is -1.34. The molecule has 0 unspecified atom stereocenters. The van der Waals surface area contributed by atoms with Crippen molar-refractivity contribution in [2.75, 3.05) is 238 Å². The number of rotatable bonds is 88. The SMILES string of the molecule is N[C@@H](C[C@H](CCCC(=O)Nc1ccc(N=Nc2ccc(NC(=O)CNC(=O)CC[C@@H](NC(=O)CCOCCOCCOCCOCCOCCOCCOCCOCCOCCOCCOCCOCCNC(=O)CCCC(=O)NCCOCCOCCCCCCCl)C(=O)NCC(=O)Nc3ccc(N=Nc4ccc(NC(=O)CCC[C@@H](C[C@H](N)C(=O)O)C(=O)O)cc4)cc3)cc2)cc1)C(=O)O)C(=O)O. The third-order valence-electron chi connectivity index (χ3n) is 19.7. The van der Waals surface area contributed by atoms with Gasteiger partial charge in [0.05, 0.1) is 226 Å². The van der Waals surface area contributed by atoms with E-state index >= 15 is 0 Å². The van der Waals surface area contributed by atoms with Crippen LogP contribution in [0.25, 0.3) is 0 Å². The third-order valence-corrected chi connectivity index (χ3v) is 20.0. The van der Waals surface area contributed by atoms with Gasteiger partial charge >= 0.3 is 23.9 Å². The van der Waals surface area contributed by atoms with Gasteiger partial charge in [-0.3, -0.25) is 62.3 Å². The summed E-state index contributed by atoms with van der Waals surface area (Å²) in [6.07, 6.45) is 4.39. The van der Waals surface area contributed by atoms with E-state index in [4.69, 9.17) is 99.6 Å². The van der Waals surface area contributed by atoms with E-state index in [1.165, 1.54) is 0 Å². The maximum absolute atomic E-state index is 13.7. The number of amides is 9. The Labute approximate surface area is 818 Å². The van der Waals surface area contributed by atoms with Crippen LogP contribution in [0.2, 0.25) is 0 Å². The molecule has 0 saturated heterocycles. The van der Waals surface area contributed by atoms with Crippen molar-refractivity contribution in [3.05, 3.63) is 97.1 Å². The molecule has 780 valence electrons. The number of nitrogens with zero attached hydrogens (tertiary/aromatic N) is 4. The number of benzene rings is 4. The van der Waals surface area contributed by atoms with Crippen LogP contribution >= 0.6 is 11.6 Å². The normalized spacial score (nSPS) is 12.4. The zero-order valence-corrected chi connectivity index (χ0v) is 80.1. The first-order valence-electron chi connectivity index (χ1n) is 46.7. The number of carbonyl (C=O) groups is 13. The van der Waals surface area contributed by atoms with Crippen LogP contribution < -0.4 is 59.3 Å². The molecule has 0 aliphatic heterocycles. The van der Waals surface area contributed by atoms with E-state index in [-0.39, 0.29) is 140 Å². The minimum Gasteiger partial charge on any atom is -0.481 e. The number of carboxylic acids is 4. The second kappa shape index (κ2) is 79.5. The third kappa shape index (κ3) is 65.0. The van der Waals surface area contributed by atoms with Crippen molar-refractivity contribution in [2.24, 2.45) is 43.8 Å². The van der Waals surface area contributed by atoms with E-state index < -0.39 is 96.5 Å². The van der Waals surface area contributed by atoms with Gasteiger partial charge in [-0.2, -0.15) is 20.5 Å². The van der Waals surface area contributed by atoms with Crippen LogP contribution in [0.1, 0.15) is 116 Å². The van der Waals surface area contributed by atoms with Crippen LogP contribution in [0.5, 0.6) is 0 Å². The van der Waals surface area contributed by atoms with Gasteiger partial charge in [0.25, 0.3) is 0 Å². The van der Waals surface area contributed by atoms with Crippen LogP contribution in [-0.4, -0.2) is 333 Å². The molecule has 0 aliphatic carbocycles. The highest BCUT2D eigenvalue weighted by molar-refractivity contribution is 6.17. The number of carboxylic acid groups (broad SMARTS) is 4. The van der Waals surface area contributed by atoms with Gasteiger partial charge < -0.3 is 146 Å². The largest absolute Gasteiger partial charge is 0.481 e. The van der Waals surface area contributed by atoms with Gasteiger partial charge in [-0.25, -0.2) is 0 Å². The maximum Gasteiger partial charge on any atom is 0.320 e. The number of alkyl halides is 1. The van der Waals surface area contributed by atoms with Gasteiger partial charge in [-0.1, -0.05) is 12.8 Å². The molecule has 4 aromatic carbocycles. The fourth-order valence-corrected chi connectivity index (χ4v) is 12.4. The van der Waals surface area contributed by atoms with Crippen LogP contribution in [0, 0.1) is 11.8 Å². The summed E-state index contributed by atoms with van der Waals surface area (Å²) in [5, 5.41) is 77.6. The molecular weight excluding hydrogens is 1860 g/mol. The first kappa shape index (κ1) is 121. The number of hydrogen-bond donors (Lipinski definition) is 15. The summed E-state index contributed by atoms with van der Waals surface area (Å²) in [4.78, 5) is 161. The van der Waals surface area contributed by atoms with Gasteiger partial charge in [0.15, 0.2) is 0 Å². The number of azo groups is 2. The van der Waals surface area contributed by atoms with Gasteiger partial charge in [-0.05, 0) is 161 Å². The highest BCUT2D eigenvalue weighted by Gasteiger charge is 2.28. The fourth-order valence-electron chi connectivity index (χ4n) is 12.2. The fraction of sp³-hybridized carbons (Fsp3) is 0.602. The average Bonchev–Trinajstić information content (AvgIpc) is 0.849. The van der Waals surface area contributed by atoms with Crippen molar-refractivity contribution in [1.82, 2.24) is 26.6 Å². The number of unbranched alkanes of at least 4 members (excludes halogenated alkanes) is 3. The van der Waals surface area contributed by atoms with Crippen molar-refractivity contribution in [3.8, 4) is 0 Å². The Hall–Kier alpha value is -11.2. The standard InChI is InChI=1S/C93H140ClN15O31/c94-33-3-1-2-4-36-127-40-42-129-38-34-97-81(110)10-7-11-82(111)98-35-39-130-43-45-132-47-49-134-51-53-136-55-57-138-59-61-140-63-62-139-60-58-137-56-54-135-52-50-133-48-46-131-44-41-128-37-32-86(115)105-80(89(118)100-67-88(117)104-73-20-28-77(29-21-73)109-107-75-24-16-71(17-25-75)102-85(114)13-6-9-69(91(121)122)65-79(96)93(125)126)30-31-83(112)99-66-87(116)103-72-18-26-76(27-19-72)108-106-74-22-14-70(15-23-74)101-84(113)12-5-8-68(90(119)120)64-78(95)92(123)124/h14-29,68-69,78-80H,1-13,30-67,95-96H2,(H,97,110)(H,98,111)(H,99,112)(H,100,118)(H,101,113)(H,102,114)(H,103,116)(H,104,117)(H,105,115)(H,119,120)(H,121,122)(H,123,124)(H,125,126)/t68-,69-,78-,79-,80+/m0/s1. The Morgan fingerprint density at radius 2 is 0.550 bits per heavy atom. The first-order chi connectivity index (χ1) is 67.8. The molecule has 0 heterocycles. The summed E-state index contributed by atoms with van der Waals surface area (Å²) in [6, 6.07) is 21.3. The maximum atomic E-state index is 13.7. The summed E-state index contributed by atoms with van der Waals surface area (Å²) in [7, 11) is 0. The Balaban J connectivity index is 1.02. The van der Waals surface area contributed by atoms with Crippen molar-refractivity contribution in [1.29, 1.82) is 0 Å². The number of nitrogens with one attached hydrogen (secondary N) is 9. The second-order valence-corrected chi connectivity index (χ2v) is 31.5. The number of hydrogen-bond acceptors (Lipinski definition) is 33. The topological polar surface area (TPSA) is 642 Å². The summed E-state index contributed by atoms with van der Waals surface area (Å²) in [5.41, 5.74) is 14.3. The molecule has 0 aromatic heterocycles. The molecule has 0 bridgehead atoms. The molecule has 4 rings (SSSR count). The molecule has 140 heavy (non-hydrogen) atoms. The number of anilines is 4. The van der Waals surface area contributed by atoms with Crippen molar-refractivity contribution in [3.63, 3.8) is 0 Å². The monoisotopic (exact) mass is 2000 g/mol. The van der Waals surface area contributed by atoms with Gasteiger partial charge in [0.2, 0.25) is 53.2 Å². The van der Waals surface area contributed by atoms with E-state index in [9.17, 15) is 72.5 Å². The van der Waals surface area contributed by atoms with Gasteiger partial charge in [0, 0.05) is 86.9 Å². The molecule has 0 radical (unpaired) electrons. The number of ether oxygens (including phenoxy) is 14. The lowest BCUT2D eigenvalue weighted by atomic mass is 9.94. The molecule has 9 amide bonds. The molecule has 17 N–H and O–H groups in total. The number of nitrogens with two attached hydrogens (primary N) is 2. The lowest BCUT2D eigenvalue weighted by molar-refractivity contribution is -0.145. The van der Waals surface area contributed by atoms with E-state index in [1.807, 2.05) is 0 Å². The quantitative estimate of drug-likeness (QED) is 0.0125. The van der Waals surface area contributed by atoms with Crippen LogP contribution in [0.4, 0.5) is 45.5 Å². The number of aliphatic carboxylic acids is 4. The van der Waals surface area contributed by atoms with E-state index in [2.05, 4.69) is 68.3 Å². The van der Waals surface area contributed by atoms with Crippen molar-refractivity contribution in [2.45, 2.75) is 134 Å².